The standard InChI is InChI=1S/C18H38.C4H9NOS.CH3NOS/c1-3-5-7-9-11-13-15-17-18-16-14-12-10-8-6-4-2;1-3(2)5-4(6)7;2-1(3)4/h3-18H2,1-2H3;3H,1-2H3,(H2,5,6,7);(H3,2,3,4). The average Bonchev–Trinajstić information content (AvgIpc) is 2.61. The van der Waals surface area contributed by atoms with E-state index in [-0.39, 0.29) is 11.2 Å². The topological polar surface area (TPSA) is 78.5 Å². The predicted molar refractivity (Wildman–Crippen MR) is 138 cm³/mol. The summed E-state index contributed by atoms with van der Waals surface area (Å²) in [7, 11) is 0. The van der Waals surface area contributed by atoms with Crippen LogP contribution in [0.2, 0.25) is 0 Å². The molecule has 0 aromatic carbocycles. The van der Waals surface area contributed by atoms with Crippen LogP contribution in [-0.4, -0.2) is 26.6 Å². The normalized spacial score (nSPS) is 9.83. The molecule has 0 atom stereocenters. The molecule has 0 aliphatic carbocycles. The van der Waals surface area contributed by atoms with Gasteiger partial charge in [0.25, 0.3) is 10.3 Å². The van der Waals surface area contributed by atoms with E-state index in [1.54, 1.807) is 0 Å². The van der Waals surface area contributed by atoms with Crippen LogP contribution >= 0.6 is 24.4 Å². The van der Waals surface area contributed by atoms with Crippen molar-refractivity contribution in [2.24, 2.45) is 5.73 Å². The van der Waals surface area contributed by atoms with E-state index in [1.165, 1.54) is 103 Å². The Balaban J connectivity index is -0.000000504. The Bertz CT molecular complexity index is 321. The van der Waals surface area contributed by atoms with Gasteiger partial charge in [0, 0.05) is 6.04 Å². The zero-order chi connectivity index (χ0) is 22.8. The van der Waals surface area contributed by atoms with Crippen LogP contribution in [0.1, 0.15) is 130 Å². The SMILES string of the molecule is CC(C)NC(O)=S.CCCCCCCCCCCCCCCCCC.NC(O)=S. The highest BCUT2D eigenvalue weighted by molar-refractivity contribution is 7.80. The second-order valence-electron chi connectivity index (χ2n) is 7.89. The van der Waals surface area contributed by atoms with Gasteiger partial charge in [-0.15, -0.1) is 0 Å². The number of hydrogen-bond donors (Lipinski definition) is 4. The lowest BCUT2D eigenvalue weighted by Gasteiger charge is -2.03. The highest BCUT2D eigenvalue weighted by atomic mass is 32.1. The lowest BCUT2D eigenvalue weighted by atomic mass is 10.0. The number of nitrogens with one attached hydrogen (secondary N) is 1. The summed E-state index contributed by atoms with van der Waals surface area (Å²) in [6, 6.07) is 0.234. The molecule has 0 bridgehead atoms. The third-order valence-electron chi connectivity index (χ3n) is 4.37. The van der Waals surface area contributed by atoms with Crippen molar-refractivity contribution in [3.8, 4) is 0 Å². The van der Waals surface area contributed by atoms with Crippen LogP contribution in [0.3, 0.4) is 0 Å². The van der Waals surface area contributed by atoms with Gasteiger partial charge in [0.05, 0.1) is 0 Å². The molecule has 29 heavy (non-hydrogen) atoms. The molecule has 0 aromatic rings. The second kappa shape index (κ2) is 29.6. The van der Waals surface area contributed by atoms with E-state index in [2.05, 4.69) is 49.3 Å². The van der Waals surface area contributed by atoms with Crippen molar-refractivity contribution in [1.29, 1.82) is 0 Å². The molecule has 176 valence electrons. The molecule has 0 saturated heterocycles. The lowest BCUT2D eigenvalue weighted by Crippen LogP contribution is -2.27. The first-order valence-corrected chi connectivity index (χ1v) is 12.6. The molecule has 5 N–H and O–H groups in total. The number of unbranched alkanes of at least 4 members (excludes halogenated alkanes) is 15. The van der Waals surface area contributed by atoms with Crippen LogP contribution in [-0.2, 0) is 0 Å². The second-order valence-corrected chi connectivity index (χ2v) is 8.70. The van der Waals surface area contributed by atoms with Crippen LogP contribution in [0.15, 0.2) is 0 Å². The van der Waals surface area contributed by atoms with E-state index in [1.807, 2.05) is 13.8 Å². The van der Waals surface area contributed by atoms with E-state index in [9.17, 15) is 0 Å². The molecule has 4 nitrogen and oxygen atoms in total. The van der Waals surface area contributed by atoms with E-state index >= 15 is 0 Å². The number of aliphatic hydroxyl groups is 2. The summed E-state index contributed by atoms with van der Waals surface area (Å²) in [4.78, 5) is 0. The molecule has 0 aromatic heterocycles. The molecule has 0 aliphatic heterocycles. The Morgan fingerprint density at radius 3 is 0.966 bits per heavy atom. The molecule has 0 spiro atoms. The van der Waals surface area contributed by atoms with Gasteiger partial charge in [-0.2, -0.15) is 0 Å². The molecular formula is C23H50N2O2S2. The van der Waals surface area contributed by atoms with E-state index in [0.29, 0.717) is 0 Å². The van der Waals surface area contributed by atoms with Crippen molar-refractivity contribution in [2.75, 3.05) is 0 Å². The van der Waals surface area contributed by atoms with Gasteiger partial charge in [-0.1, -0.05) is 117 Å². The monoisotopic (exact) mass is 450 g/mol. The van der Waals surface area contributed by atoms with Crippen molar-refractivity contribution < 1.29 is 10.2 Å². The Morgan fingerprint density at radius 2 is 0.862 bits per heavy atom. The highest BCUT2D eigenvalue weighted by Crippen LogP contribution is 2.13. The van der Waals surface area contributed by atoms with Crippen molar-refractivity contribution in [1.82, 2.24) is 5.32 Å². The summed E-state index contributed by atoms with van der Waals surface area (Å²) < 4.78 is 0. The first-order chi connectivity index (χ1) is 13.8. The van der Waals surface area contributed by atoms with Gasteiger partial charge < -0.3 is 21.3 Å². The molecule has 0 radical (unpaired) electrons. The van der Waals surface area contributed by atoms with Crippen LogP contribution in [0.4, 0.5) is 0 Å². The number of thiocarbonyl (C=S) groups is 2. The van der Waals surface area contributed by atoms with Crippen LogP contribution < -0.4 is 11.1 Å². The molecular weight excluding hydrogens is 400 g/mol. The molecule has 0 fully saturated rings. The van der Waals surface area contributed by atoms with Gasteiger partial charge in [-0.25, -0.2) is 0 Å². The number of rotatable bonds is 16. The minimum atomic E-state index is -0.500. The summed E-state index contributed by atoms with van der Waals surface area (Å²) in [5.41, 5.74) is 4.40. The summed E-state index contributed by atoms with van der Waals surface area (Å²) in [5, 5.41) is 17.9. The first kappa shape index (κ1) is 33.0. The fourth-order valence-electron chi connectivity index (χ4n) is 2.87. The van der Waals surface area contributed by atoms with Crippen molar-refractivity contribution in [3.63, 3.8) is 0 Å². The number of aliphatic hydroxyl groups excluding tert-OH is 2. The maximum absolute atomic E-state index is 8.34. The van der Waals surface area contributed by atoms with Gasteiger partial charge in [-0.3, -0.25) is 0 Å². The molecule has 0 rings (SSSR count). The largest absolute Gasteiger partial charge is 0.487 e. The van der Waals surface area contributed by atoms with E-state index < -0.39 is 5.17 Å². The molecule has 0 aliphatic rings. The molecule has 0 heterocycles. The Labute approximate surface area is 192 Å². The van der Waals surface area contributed by atoms with Crippen LogP contribution in [0.25, 0.3) is 0 Å². The number of nitrogens with two attached hydrogens (primary N) is 1. The minimum absolute atomic E-state index is 0.130. The fraction of sp³-hybridized carbons (Fsp3) is 0.913. The summed E-state index contributed by atoms with van der Waals surface area (Å²) >= 11 is 8.19. The zero-order valence-corrected chi connectivity index (χ0v) is 21.3. The van der Waals surface area contributed by atoms with E-state index in [0.717, 1.165) is 0 Å². The minimum Gasteiger partial charge on any atom is -0.487 e. The van der Waals surface area contributed by atoms with Gasteiger partial charge in [0.2, 0.25) is 0 Å². The average molecular weight is 451 g/mol. The van der Waals surface area contributed by atoms with Crippen molar-refractivity contribution in [2.45, 2.75) is 136 Å². The summed E-state index contributed by atoms with van der Waals surface area (Å²) in [6.07, 6.45) is 23.4. The maximum atomic E-state index is 8.34. The fourth-order valence-corrected chi connectivity index (χ4v) is 3.10. The Morgan fingerprint density at radius 1 is 0.655 bits per heavy atom. The molecule has 0 unspecified atom stereocenters. The van der Waals surface area contributed by atoms with E-state index in [4.69, 9.17) is 10.2 Å². The first-order valence-electron chi connectivity index (χ1n) is 11.8. The van der Waals surface area contributed by atoms with Gasteiger partial charge in [0.1, 0.15) is 0 Å². The number of hydrogen-bond acceptors (Lipinski definition) is 2. The predicted octanol–water partition coefficient (Wildman–Crippen LogP) is 7.88. The highest BCUT2D eigenvalue weighted by Gasteiger charge is 1.93. The van der Waals surface area contributed by atoms with Gasteiger partial charge in [-0.05, 0) is 38.3 Å². The van der Waals surface area contributed by atoms with Crippen molar-refractivity contribution in [3.05, 3.63) is 0 Å². The third-order valence-corrected chi connectivity index (χ3v) is 4.49. The Hall–Kier alpha value is -0.620. The Kier molecular flexibility index (Phi) is 33.7. The lowest BCUT2D eigenvalue weighted by molar-refractivity contribution is 0.514. The zero-order valence-electron chi connectivity index (χ0n) is 19.7. The smallest absolute Gasteiger partial charge is 0.254 e. The van der Waals surface area contributed by atoms with Gasteiger partial charge in [0.15, 0.2) is 0 Å². The summed E-state index contributed by atoms with van der Waals surface area (Å²) in [5.74, 6) is 0. The van der Waals surface area contributed by atoms with Gasteiger partial charge >= 0.3 is 0 Å². The molecule has 0 saturated carbocycles. The van der Waals surface area contributed by atoms with Crippen LogP contribution in [0.5, 0.6) is 0 Å². The third kappa shape index (κ3) is 52.2. The summed E-state index contributed by atoms with van der Waals surface area (Å²) in [6.45, 7) is 8.40. The maximum Gasteiger partial charge on any atom is 0.254 e. The molecule has 6 heteroatoms. The van der Waals surface area contributed by atoms with Crippen molar-refractivity contribution >= 4 is 34.8 Å². The molecule has 0 amide bonds. The van der Waals surface area contributed by atoms with Crippen LogP contribution in [0, 0.1) is 0 Å². The quantitative estimate of drug-likeness (QED) is 0.141.